The largest absolute Gasteiger partial charge is 0.382 e. The number of rotatable bonds is 4. The van der Waals surface area contributed by atoms with Crippen molar-refractivity contribution < 1.29 is 14.3 Å². The molecule has 2 fully saturated rings. The topological polar surface area (TPSA) is 84.7 Å². The molecule has 20 heavy (non-hydrogen) atoms. The van der Waals surface area contributed by atoms with Crippen molar-refractivity contribution in [3.63, 3.8) is 0 Å². The molecule has 0 aromatic heterocycles. The fourth-order valence-corrected chi connectivity index (χ4v) is 3.39. The van der Waals surface area contributed by atoms with Crippen molar-refractivity contribution in [3.8, 4) is 0 Å². The van der Waals surface area contributed by atoms with E-state index in [1.54, 1.807) is 12.0 Å². The first-order valence-electron chi connectivity index (χ1n) is 7.42. The van der Waals surface area contributed by atoms with Crippen LogP contribution >= 0.6 is 0 Å². The van der Waals surface area contributed by atoms with E-state index in [1.165, 1.54) is 0 Å². The van der Waals surface area contributed by atoms with Crippen LogP contribution in [0.5, 0.6) is 0 Å². The summed E-state index contributed by atoms with van der Waals surface area (Å²) >= 11 is 0. The number of amides is 3. The van der Waals surface area contributed by atoms with Crippen LogP contribution in [0.25, 0.3) is 0 Å². The highest BCUT2D eigenvalue weighted by Gasteiger charge is 2.38. The average molecular weight is 283 g/mol. The van der Waals surface area contributed by atoms with Gasteiger partial charge < -0.3 is 20.7 Å². The van der Waals surface area contributed by atoms with Gasteiger partial charge in [0.25, 0.3) is 0 Å². The zero-order valence-corrected chi connectivity index (χ0v) is 12.2. The Hall–Kier alpha value is -1.30. The van der Waals surface area contributed by atoms with Crippen molar-refractivity contribution in [3.05, 3.63) is 0 Å². The molecule has 1 heterocycles. The van der Waals surface area contributed by atoms with Gasteiger partial charge in [-0.25, -0.2) is 4.79 Å². The number of hydrogen-bond acceptors (Lipinski definition) is 3. The van der Waals surface area contributed by atoms with E-state index < -0.39 is 6.03 Å². The minimum absolute atomic E-state index is 0.0369. The van der Waals surface area contributed by atoms with E-state index in [1.807, 2.05) is 0 Å². The third-order valence-corrected chi connectivity index (χ3v) is 4.47. The summed E-state index contributed by atoms with van der Waals surface area (Å²) in [5.74, 6) is -0.111. The lowest BCUT2D eigenvalue weighted by Crippen LogP contribution is -2.54. The lowest BCUT2D eigenvalue weighted by atomic mass is 9.93. The Bertz CT molecular complexity index is 367. The highest BCUT2D eigenvalue weighted by Crippen LogP contribution is 2.30. The minimum Gasteiger partial charge on any atom is -0.382 e. The fourth-order valence-electron chi connectivity index (χ4n) is 3.39. The van der Waals surface area contributed by atoms with E-state index in [2.05, 4.69) is 5.32 Å². The lowest BCUT2D eigenvalue weighted by molar-refractivity contribution is -0.129. The van der Waals surface area contributed by atoms with E-state index in [9.17, 15) is 9.59 Å². The van der Waals surface area contributed by atoms with E-state index in [4.69, 9.17) is 10.5 Å². The Morgan fingerprint density at radius 1 is 1.35 bits per heavy atom. The molecule has 2 rings (SSSR count). The Morgan fingerprint density at radius 2 is 2.05 bits per heavy atom. The molecule has 0 aromatic rings. The number of ether oxygens (including phenoxy) is 1. The molecule has 0 radical (unpaired) electrons. The molecule has 114 valence electrons. The summed E-state index contributed by atoms with van der Waals surface area (Å²) < 4.78 is 5.28. The summed E-state index contributed by atoms with van der Waals surface area (Å²) in [4.78, 5) is 25.2. The lowest BCUT2D eigenvalue weighted by Gasteiger charge is -2.35. The third-order valence-electron chi connectivity index (χ3n) is 4.47. The third kappa shape index (κ3) is 3.42. The quantitative estimate of drug-likeness (QED) is 0.802. The van der Waals surface area contributed by atoms with Gasteiger partial charge in [-0.1, -0.05) is 12.8 Å². The normalized spacial score (nSPS) is 25.4. The Labute approximate surface area is 120 Å². The van der Waals surface area contributed by atoms with Crippen LogP contribution in [0.3, 0.4) is 0 Å². The standard InChI is InChI=1S/C14H25N3O3/c1-20-10-14(6-2-3-7-14)16-12(18)11-5-4-8-17(9-11)13(15)19/h11H,2-10H2,1H3,(H2,15,19)(H,16,18). The van der Waals surface area contributed by atoms with E-state index >= 15 is 0 Å². The van der Waals surface area contributed by atoms with E-state index in [0.29, 0.717) is 19.7 Å². The minimum atomic E-state index is -0.435. The van der Waals surface area contributed by atoms with Crippen molar-refractivity contribution >= 4 is 11.9 Å². The first-order valence-corrected chi connectivity index (χ1v) is 7.42. The van der Waals surface area contributed by atoms with Gasteiger partial charge in [0, 0.05) is 20.2 Å². The Morgan fingerprint density at radius 3 is 2.65 bits per heavy atom. The maximum atomic E-state index is 12.5. The van der Waals surface area contributed by atoms with E-state index in [0.717, 1.165) is 38.5 Å². The second kappa shape index (κ2) is 6.43. The number of nitrogens with two attached hydrogens (primary N) is 1. The van der Waals surface area contributed by atoms with Crippen molar-refractivity contribution in [2.24, 2.45) is 11.7 Å². The number of urea groups is 1. The molecule has 6 heteroatoms. The van der Waals surface area contributed by atoms with Crippen molar-refractivity contribution in [1.29, 1.82) is 0 Å². The summed E-state index contributed by atoms with van der Waals surface area (Å²) in [6.07, 6.45) is 5.85. The molecule has 1 unspecified atom stereocenters. The number of likely N-dealkylation sites (tertiary alicyclic amines) is 1. The SMILES string of the molecule is COCC1(NC(=O)C2CCCN(C(N)=O)C2)CCCC1. The smallest absolute Gasteiger partial charge is 0.314 e. The van der Waals surface area contributed by atoms with Gasteiger partial charge >= 0.3 is 6.03 Å². The second-order valence-electron chi connectivity index (χ2n) is 6.03. The number of carbonyl (C=O) groups is 2. The molecule has 1 saturated heterocycles. The number of methoxy groups -OCH3 is 1. The molecule has 2 aliphatic rings. The molecule has 0 aromatic carbocycles. The Kier molecular flexibility index (Phi) is 4.86. The maximum absolute atomic E-state index is 12.5. The molecule has 1 atom stereocenters. The predicted molar refractivity (Wildman–Crippen MR) is 75.1 cm³/mol. The molecular formula is C14H25N3O3. The number of primary amides is 1. The van der Waals surface area contributed by atoms with Gasteiger partial charge in [-0.05, 0) is 25.7 Å². The number of piperidine rings is 1. The van der Waals surface area contributed by atoms with Crippen molar-refractivity contribution in [2.75, 3.05) is 26.8 Å². The first kappa shape index (κ1) is 15.1. The number of nitrogens with zero attached hydrogens (tertiary/aromatic N) is 1. The zero-order chi connectivity index (χ0) is 14.6. The van der Waals surface area contributed by atoms with Crippen LogP contribution in [0, 0.1) is 5.92 Å². The second-order valence-corrected chi connectivity index (χ2v) is 6.03. The summed E-state index contributed by atoms with van der Waals surface area (Å²) in [5, 5.41) is 3.18. The number of nitrogens with one attached hydrogen (secondary N) is 1. The van der Waals surface area contributed by atoms with Crippen LogP contribution < -0.4 is 11.1 Å². The van der Waals surface area contributed by atoms with Crippen LogP contribution in [-0.2, 0) is 9.53 Å². The first-order chi connectivity index (χ1) is 9.56. The van der Waals surface area contributed by atoms with E-state index in [-0.39, 0.29) is 17.4 Å². The van der Waals surface area contributed by atoms with Gasteiger partial charge in [-0.15, -0.1) is 0 Å². The zero-order valence-electron chi connectivity index (χ0n) is 12.2. The van der Waals surface area contributed by atoms with Gasteiger partial charge in [0.2, 0.25) is 5.91 Å². The van der Waals surface area contributed by atoms with Crippen molar-refractivity contribution in [2.45, 2.75) is 44.1 Å². The highest BCUT2D eigenvalue weighted by molar-refractivity contribution is 5.81. The molecule has 3 amide bonds. The number of carbonyl (C=O) groups excluding carboxylic acids is 2. The molecule has 1 aliphatic carbocycles. The molecular weight excluding hydrogens is 258 g/mol. The van der Waals surface area contributed by atoms with Crippen LogP contribution in [0.15, 0.2) is 0 Å². The van der Waals surface area contributed by atoms with Gasteiger partial charge in [0.1, 0.15) is 0 Å². The van der Waals surface area contributed by atoms with Crippen molar-refractivity contribution in [1.82, 2.24) is 10.2 Å². The Balaban J connectivity index is 1.94. The van der Waals surface area contributed by atoms with Gasteiger partial charge in [-0.2, -0.15) is 0 Å². The summed E-state index contributed by atoms with van der Waals surface area (Å²) in [6.45, 7) is 1.65. The van der Waals surface area contributed by atoms with Crippen LogP contribution in [0.4, 0.5) is 4.79 Å². The molecule has 3 N–H and O–H groups in total. The van der Waals surface area contributed by atoms with Crippen LogP contribution in [0.1, 0.15) is 38.5 Å². The number of hydrogen-bond donors (Lipinski definition) is 2. The molecule has 1 saturated carbocycles. The molecule has 1 aliphatic heterocycles. The van der Waals surface area contributed by atoms with Crippen LogP contribution in [-0.4, -0.2) is 49.2 Å². The molecule has 0 spiro atoms. The fraction of sp³-hybridized carbons (Fsp3) is 0.857. The monoisotopic (exact) mass is 283 g/mol. The maximum Gasteiger partial charge on any atom is 0.314 e. The summed E-state index contributed by atoms with van der Waals surface area (Å²) in [7, 11) is 1.67. The molecule has 6 nitrogen and oxygen atoms in total. The highest BCUT2D eigenvalue weighted by atomic mass is 16.5. The average Bonchev–Trinajstić information content (AvgIpc) is 2.87. The summed E-state index contributed by atoms with van der Waals surface area (Å²) in [5.41, 5.74) is 5.09. The molecule has 0 bridgehead atoms. The van der Waals surface area contributed by atoms with Crippen LogP contribution in [0.2, 0.25) is 0 Å². The van der Waals surface area contributed by atoms with Gasteiger partial charge in [0.05, 0.1) is 18.1 Å². The predicted octanol–water partition coefficient (Wildman–Crippen LogP) is 0.853. The summed E-state index contributed by atoms with van der Waals surface area (Å²) in [6, 6.07) is -0.435. The van der Waals surface area contributed by atoms with Gasteiger partial charge in [0.15, 0.2) is 0 Å². The van der Waals surface area contributed by atoms with Gasteiger partial charge in [-0.3, -0.25) is 4.79 Å².